The highest BCUT2D eigenvalue weighted by molar-refractivity contribution is 6.09. The van der Waals surface area contributed by atoms with Gasteiger partial charge in [-0.05, 0) is 45.3 Å². The second-order valence-electron chi connectivity index (χ2n) is 15.1. The first-order valence-corrected chi connectivity index (χ1v) is 20.5. The van der Waals surface area contributed by atoms with Crippen molar-refractivity contribution in [3.8, 4) is 90.1 Å². The average molecular weight is 780 g/mol. The number of nitrogens with zero attached hydrogens (tertiary/aromatic N) is 5. The van der Waals surface area contributed by atoms with E-state index in [0.717, 1.165) is 83.3 Å². The van der Waals surface area contributed by atoms with Crippen molar-refractivity contribution in [2.45, 2.75) is 0 Å². The first-order chi connectivity index (χ1) is 30.2. The maximum atomic E-state index is 5.37. The topological polar surface area (TPSA) is 56.0 Å². The zero-order valence-electron chi connectivity index (χ0n) is 33.1. The van der Waals surface area contributed by atoms with Gasteiger partial charge in [0.1, 0.15) is 5.69 Å². The van der Waals surface area contributed by atoms with Crippen molar-refractivity contribution in [2.24, 2.45) is 0 Å². The van der Waals surface area contributed by atoms with Gasteiger partial charge >= 0.3 is 0 Å². The molecule has 0 bridgehead atoms. The average Bonchev–Trinajstić information content (AvgIpc) is 3.76. The van der Waals surface area contributed by atoms with Crippen LogP contribution in [0.5, 0.6) is 0 Å². The fraction of sp³-hybridized carbons (Fsp3) is 0. The molecular formula is C56H37N5. The Morgan fingerprint density at radius 3 is 1.20 bits per heavy atom. The normalized spacial score (nSPS) is 11.3. The highest BCUT2D eigenvalue weighted by Crippen LogP contribution is 2.42. The lowest BCUT2D eigenvalue weighted by atomic mass is 9.95. The largest absolute Gasteiger partial charge is 0.231 e. The third-order valence-electron chi connectivity index (χ3n) is 11.3. The number of hydrogen-bond acceptors (Lipinski definition) is 4. The van der Waals surface area contributed by atoms with Crippen molar-refractivity contribution >= 4 is 16.3 Å². The quantitative estimate of drug-likeness (QED) is 0.154. The van der Waals surface area contributed by atoms with Gasteiger partial charge in [0, 0.05) is 38.8 Å². The Balaban J connectivity index is 1.02. The summed E-state index contributed by atoms with van der Waals surface area (Å²) in [5.41, 5.74) is 14.8. The lowest BCUT2D eigenvalue weighted by Gasteiger charge is -2.12. The molecule has 0 unspecified atom stereocenters. The van der Waals surface area contributed by atoms with Crippen LogP contribution in [-0.2, 0) is 0 Å². The van der Waals surface area contributed by atoms with Crippen LogP contribution in [0.1, 0.15) is 0 Å². The summed E-state index contributed by atoms with van der Waals surface area (Å²) < 4.78 is 2.14. The standard InChI is InChI=1S/C56H37N5/c1-6-16-38(17-7-1)39-26-30-45(31-27-39)55-57-54(44-24-14-5-15-25-44)58-56(59-55)46-32-28-40(29-33-46)47-34-35-49-48(36-47)37-50(41-18-8-2-9-19-41)61-53(49)51(42-20-10-3-11-21-42)52(60-61)43-22-12-4-13-23-43/h1-37H. The Morgan fingerprint density at radius 2 is 0.672 bits per heavy atom. The molecule has 3 heterocycles. The third-order valence-corrected chi connectivity index (χ3v) is 11.3. The number of rotatable bonds is 8. The van der Waals surface area contributed by atoms with Crippen LogP contribution < -0.4 is 0 Å². The molecule has 5 nitrogen and oxygen atoms in total. The molecule has 8 aromatic carbocycles. The number of hydrogen-bond donors (Lipinski definition) is 0. The van der Waals surface area contributed by atoms with E-state index in [-0.39, 0.29) is 0 Å². The van der Waals surface area contributed by atoms with Crippen LogP contribution in [0.15, 0.2) is 224 Å². The molecule has 3 aromatic heterocycles. The van der Waals surface area contributed by atoms with Gasteiger partial charge in [0.25, 0.3) is 0 Å². The smallest absolute Gasteiger partial charge is 0.164 e. The lowest BCUT2D eigenvalue weighted by Crippen LogP contribution is -2.00. The van der Waals surface area contributed by atoms with Gasteiger partial charge in [-0.3, -0.25) is 0 Å². The van der Waals surface area contributed by atoms with Crippen LogP contribution >= 0.6 is 0 Å². The molecule has 11 aromatic rings. The van der Waals surface area contributed by atoms with E-state index in [0.29, 0.717) is 17.5 Å². The minimum Gasteiger partial charge on any atom is -0.231 e. The second kappa shape index (κ2) is 15.5. The second-order valence-corrected chi connectivity index (χ2v) is 15.1. The monoisotopic (exact) mass is 779 g/mol. The van der Waals surface area contributed by atoms with E-state index in [4.69, 9.17) is 20.1 Å². The molecule has 0 aliphatic heterocycles. The zero-order valence-corrected chi connectivity index (χ0v) is 33.1. The van der Waals surface area contributed by atoms with E-state index in [9.17, 15) is 0 Å². The first-order valence-electron chi connectivity index (χ1n) is 20.5. The van der Waals surface area contributed by atoms with Gasteiger partial charge in [-0.2, -0.15) is 5.10 Å². The first kappa shape index (κ1) is 35.8. The molecule has 0 saturated carbocycles. The van der Waals surface area contributed by atoms with Crippen molar-refractivity contribution in [1.82, 2.24) is 24.6 Å². The molecule has 0 amide bonds. The molecule has 0 spiro atoms. The molecular weight excluding hydrogens is 743 g/mol. The fourth-order valence-corrected chi connectivity index (χ4v) is 8.22. The fourth-order valence-electron chi connectivity index (χ4n) is 8.22. The summed E-state index contributed by atoms with van der Waals surface area (Å²) in [6.07, 6.45) is 0. The molecule has 11 rings (SSSR count). The predicted octanol–water partition coefficient (Wildman–Crippen LogP) is 14.0. The van der Waals surface area contributed by atoms with Crippen LogP contribution in [0.4, 0.5) is 0 Å². The summed E-state index contributed by atoms with van der Waals surface area (Å²) in [6, 6.07) is 78.2. The van der Waals surface area contributed by atoms with Gasteiger partial charge in [0.2, 0.25) is 0 Å². The van der Waals surface area contributed by atoms with Crippen LogP contribution in [0.2, 0.25) is 0 Å². The van der Waals surface area contributed by atoms with Crippen molar-refractivity contribution in [2.75, 3.05) is 0 Å². The van der Waals surface area contributed by atoms with Gasteiger partial charge < -0.3 is 0 Å². The number of benzene rings is 8. The van der Waals surface area contributed by atoms with Crippen LogP contribution in [0.25, 0.3) is 106 Å². The Morgan fingerprint density at radius 1 is 0.295 bits per heavy atom. The number of aromatic nitrogens is 5. The van der Waals surface area contributed by atoms with E-state index in [1.807, 2.05) is 36.4 Å². The summed E-state index contributed by atoms with van der Waals surface area (Å²) in [7, 11) is 0. The summed E-state index contributed by atoms with van der Waals surface area (Å²) in [5.74, 6) is 1.89. The van der Waals surface area contributed by atoms with E-state index in [1.54, 1.807) is 0 Å². The molecule has 0 fully saturated rings. The minimum atomic E-state index is 0.624. The molecule has 0 saturated heterocycles. The molecule has 286 valence electrons. The summed E-state index contributed by atoms with van der Waals surface area (Å²) in [4.78, 5) is 15.0. The van der Waals surface area contributed by atoms with Crippen molar-refractivity contribution in [1.29, 1.82) is 0 Å². The van der Waals surface area contributed by atoms with Gasteiger partial charge in [-0.1, -0.05) is 212 Å². The van der Waals surface area contributed by atoms with Crippen molar-refractivity contribution < 1.29 is 0 Å². The van der Waals surface area contributed by atoms with E-state index < -0.39 is 0 Å². The van der Waals surface area contributed by atoms with Crippen LogP contribution in [-0.4, -0.2) is 24.6 Å². The Bertz CT molecular complexity index is 3290. The van der Waals surface area contributed by atoms with Gasteiger partial charge in [-0.25, -0.2) is 19.5 Å². The molecule has 0 aliphatic rings. The lowest BCUT2D eigenvalue weighted by molar-refractivity contribution is 0.979. The Labute approximate surface area is 354 Å². The highest BCUT2D eigenvalue weighted by Gasteiger charge is 2.22. The molecule has 0 aliphatic carbocycles. The third kappa shape index (κ3) is 6.84. The highest BCUT2D eigenvalue weighted by atomic mass is 15.2. The predicted molar refractivity (Wildman–Crippen MR) is 250 cm³/mol. The van der Waals surface area contributed by atoms with Gasteiger partial charge in [-0.15, -0.1) is 0 Å². The van der Waals surface area contributed by atoms with E-state index in [1.165, 1.54) is 5.56 Å². The minimum absolute atomic E-state index is 0.624. The summed E-state index contributed by atoms with van der Waals surface area (Å²) in [5, 5.41) is 7.64. The molecule has 0 atom stereocenters. The van der Waals surface area contributed by atoms with Crippen LogP contribution in [0.3, 0.4) is 0 Å². The summed E-state index contributed by atoms with van der Waals surface area (Å²) in [6.45, 7) is 0. The SMILES string of the molecule is c1ccc(-c2ccc(-c3nc(-c4ccccc4)nc(-c4ccc(-c5ccc6c(c5)cc(-c5ccccc5)n5nc(-c7ccccc7)c(-c7ccccc7)c65)cc4)n3)cc2)cc1. The van der Waals surface area contributed by atoms with Gasteiger partial charge in [0.05, 0.1) is 11.2 Å². The van der Waals surface area contributed by atoms with Crippen LogP contribution in [0, 0.1) is 0 Å². The Hall–Kier alpha value is -8.28. The molecule has 0 N–H and O–H groups in total. The molecule has 0 radical (unpaired) electrons. The molecule has 5 heteroatoms. The maximum Gasteiger partial charge on any atom is 0.164 e. The number of pyridine rings is 1. The van der Waals surface area contributed by atoms with E-state index in [2.05, 4.69) is 193 Å². The van der Waals surface area contributed by atoms with Crippen molar-refractivity contribution in [3.05, 3.63) is 224 Å². The maximum absolute atomic E-state index is 5.37. The zero-order chi connectivity index (χ0) is 40.5. The van der Waals surface area contributed by atoms with Crippen molar-refractivity contribution in [3.63, 3.8) is 0 Å². The van der Waals surface area contributed by atoms with Gasteiger partial charge in [0.15, 0.2) is 17.5 Å². The number of fused-ring (bicyclic) bond motifs is 3. The molecule has 61 heavy (non-hydrogen) atoms. The Kier molecular flexibility index (Phi) is 9.10. The summed E-state index contributed by atoms with van der Waals surface area (Å²) >= 11 is 0. The van der Waals surface area contributed by atoms with E-state index >= 15 is 0 Å².